The van der Waals surface area contributed by atoms with Gasteiger partial charge in [-0.05, 0) is 30.2 Å². The number of sulfonamides is 1. The van der Waals surface area contributed by atoms with E-state index in [0.717, 1.165) is 0 Å². The van der Waals surface area contributed by atoms with Crippen molar-refractivity contribution >= 4 is 27.6 Å². The number of halogens is 1. The van der Waals surface area contributed by atoms with Crippen LogP contribution >= 0.6 is 11.6 Å². The number of aliphatic carboxylic acids is 1. The Morgan fingerprint density at radius 1 is 1.37 bits per heavy atom. The van der Waals surface area contributed by atoms with Crippen LogP contribution in [-0.4, -0.2) is 25.5 Å². The lowest BCUT2D eigenvalue weighted by molar-refractivity contribution is -0.140. The maximum Gasteiger partial charge on any atom is 0.322 e. The van der Waals surface area contributed by atoms with Crippen molar-refractivity contribution in [3.8, 4) is 0 Å². The van der Waals surface area contributed by atoms with E-state index in [2.05, 4.69) is 4.72 Å². The summed E-state index contributed by atoms with van der Waals surface area (Å²) in [6, 6.07) is 4.40. The summed E-state index contributed by atoms with van der Waals surface area (Å²) in [4.78, 5) is 11.1. The van der Waals surface area contributed by atoms with Crippen molar-refractivity contribution in [1.82, 2.24) is 4.72 Å². The van der Waals surface area contributed by atoms with Crippen molar-refractivity contribution in [3.63, 3.8) is 0 Å². The molecule has 19 heavy (non-hydrogen) atoms. The normalized spacial score (nSPS) is 14.9. The third kappa shape index (κ3) is 4.19. The first-order valence-electron chi connectivity index (χ1n) is 5.78. The molecule has 0 aliphatic carbocycles. The molecule has 1 rings (SSSR count). The second kappa shape index (κ2) is 6.36. The maximum absolute atomic E-state index is 12.1. The molecule has 0 aromatic heterocycles. The quantitative estimate of drug-likeness (QED) is 0.843. The van der Waals surface area contributed by atoms with Gasteiger partial charge in [0, 0.05) is 5.02 Å². The van der Waals surface area contributed by atoms with Crippen molar-refractivity contribution in [2.45, 2.75) is 31.2 Å². The SMILES string of the molecule is CC[C@H](C)[C@H](NS(=O)(=O)c1ccc(Cl)cc1)C(=O)O. The fourth-order valence-electron chi connectivity index (χ4n) is 1.49. The summed E-state index contributed by atoms with van der Waals surface area (Å²) < 4.78 is 26.3. The Hall–Kier alpha value is -1.11. The van der Waals surface area contributed by atoms with Crippen LogP contribution in [0.3, 0.4) is 0 Å². The van der Waals surface area contributed by atoms with Gasteiger partial charge in [0.25, 0.3) is 0 Å². The third-order valence-corrected chi connectivity index (χ3v) is 4.59. The van der Waals surface area contributed by atoms with Crippen molar-refractivity contribution in [2.75, 3.05) is 0 Å². The molecule has 0 aliphatic heterocycles. The maximum atomic E-state index is 12.1. The zero-order valence-corrected chi connectivity index (χ0v) is 12.2. The first-order chi connectivity index (χ1) is 8.77. The zero-order valence-electron chi connectivity index (χ0n) is 10.6. The standard InChI is InChI=1S/C12H16ClNO4S/c1-3-8(2)11(12(15)16)14-19(17,18)10-6-4-9(13)5-7-10/h4-8,11,14H,3H2,1-2H3,(H,15,16)/t8-,11-/m0/s1. The van der Waals surface area contributed by atoms with Gasteiger partial charge in [-0.1, -0.05) is 31.9 Å². The molecular weight excluding hydrogens is 290 g/mol. The Bertz CT molecular complexity index is 541. The van der Waals surface area contributed by atoms with Crippen LogP contribution in [0.4, 0.5) is 0 Å². The largest absolute Gasteiger partial charge is 0.480 e. The summed E-state index contributed by atoms with van der Waals surface area (Å²) >= 11 is 5.68. The number of carboxylic acids is 1. The highest BCUT2D eigenvalue weighted by Crippen LogP contribution is 2.16. The second-order valence-electron chi connectivity index (χ2n) is 4.28. The average Bonchev–Trinajstić information content (AvgIpc) is 2.35. The highest BCUT2D eigenvalue weighted by atomic mass is 35.5. The summed E-state index contributed by atoms with van der Waals surface area (Å²) in [6.45, 7) is 3.49. The molecule has 1 aromatic carbocycles. The highest BCUT2D eigenvalue weighted by molar-refractivity contribution is 7.89. The minimum absolute atomic E-state index is 0.00791. The molecule has 2 atom stereocenters. The van der Waals surface area contributed by atoms with Crippen LogP contribution < -0.4 is 4.72 Å². The van der Waals surface area contributed by atoms with E-state index in [1.165, 1.54) is 24.3 Å². The molecule has 0 bridgehead atoms. The number of hydrogen-bond donors (Lipinski definition) is 2. The van der Waals surface area contributed by atoms with Gasteiger partial charge in [0.05, 0.1) is 4.90 Å². The topological polar surface area (TPSA) is 83.5 Å². The zero-order chi connectivity index (χ0) is 14.6. The smallest absolute Gasteiger partial charge is 0.322 e. The van der Waals surface area contributed by atoms with E-state index in [1.807, 2.05) is 0 Å². The van der Waals surface area contributed by atoms with Gasteiger partial charge in [-0.3, -0.25) is 4.79 Å². The van der Waals surface area contributed by atoms with E-state index in [1.54, 1.807) is 13.8 Å². The van der Waals surface area contributed by atoms with Crippen LogP contribution in [0, 0.1) is 5.92 Å². The molecule has 0 amide bonds. The van der Waals surface area contributed by atoms with Crippen LogP contribution in [0.5, 0.6) is 0 Å². The Morgan fingerprint density at radius 2 is 1.89 bits per heavy atom. The minimum atomic E-state index is -3.87. The van der Waals surface area contributed by atoms with E-state index < -0.39 is 22.0 Å². The molecule has 5 nitrogen and oxygen atoms in total. The lowest BCUT2D eigenvalue weighted by atomic mass is 10.0. The molecule has 0 fully saturated rings. The Labute approximate surface area is 117 Å². The number of hydrogen-bond acceptors (Lipinski definition) is 3. The Balaban J connectivity index is 3.00. The Kier molecular flexibility index (Phi) is 5.34. The number of carboxylic acid groups (broad SMARTS) is 1. The van der Waals surface area contributed by atoms with Crippen LogP contribution in [0.2, 0.25) is 5.02 Å². The van der Waals surface area contributed by atoms with Gasteiger partial charge in [-0.15, -0.1) is 0 Å². The van der Waals surface area contributed by atoms with Gasteiger partial charge >= 0.3 is 5.97 Å². The van der Waals surface area contributed by atoms with Gasteiger partial charge < -0.3 is 5.11 Å². The summed E-state index contributed by atoms with van der Waals surface area (Å²) in [5, 5.41) is 9.49. The van der Waals surface area contributed by atoms with Crippen LogP contribution in [-0.2, 0) is 14.8 Å². The first kappa shape index (κ1) is 15.9. The molecule has 0 spiro atoms. The third-order valence-electron chi connectivity index (χ3n) is 2.89. The van der Waals surface area contributed by atoms with Crippen molar-refractivity contribution in [1.29, 1.82) is 0 Å². The fraction of sp³-hybridized carbons (Fsp3) is 0.417. The molecule has 7 heteroatoms. The van der Waals surface area contributed by atoms with E-state index in [0.29, 0.717) is 11.4 Å². The Morgan fingerprint density at radius 3 is 2.32 bits per heavy atom. The monoisotopic (exact) mass is 305 g/mol. The summed E-state index contributed by atoms with van der Waals surface area (Å²) in [6.07, 6.45) is 0.556. The van der Waals surface area contributed by atoms with Gasteiger partial charge in [0.2, 0.25) is 10.0 Å². The molecule has 0 radical (unpaired) electrons. The summed E-state index contributed by atoms with van der Waals surface area (Å²) in [7, 11) is -3.87. The fourth-order valence-corrected chi connectivity index (χ4v) is 2.92. The molecular formula is C12H16ClNO4S. The number of benzene rings is 1. The molecule has 106 valence electrons. The predicted molar refractivity (Wildman–Crippen MR) is 72.7 cm³/mol. The lowest BCUT2D eigenvalue weighted by Crippen LogP contribution is -2.44. The molecule has 0 heterocycles. The van der Waals surface area contributed by atoms with Crippen molar-refractivity contribution < 1.29 is 18.3 Å². The van der Waals surface area contributed by atoms with E-state index >= 15 is 0 Å². The van der Waals surface area contributed by atoms with Crippen LogP contribution in [0.25, 0.3) is 0 Å². The van der Waals surface area contributed by atoms with Crippen molar-refractivity contribution in [3.05, 3.63) is 29.3 Å². The number of nitrogens with one attached hydrogen (secondary N) is 1. The molecule has 2 N–H and O–H groups in total. The van der Waals surface area contributed by atoms with E-state index in [9.17, 15) is 13.2 Å². The molecule has 0 saturated heterocycles. The number of rotatable bonds is 6. The summed E-state index contributed by atoms with van der Waals surface area (Å²) in [5.41, 5.74) is 0. The molecule has 0 aliphatic rings. The van der Waals surface area contributed by atoms with Gasteiger partial charge in [0.15, 0.2) is 0 Å². The van der Waals surface area contributed by atoms with Gasteiger partial charge in [-0.2, -0.15) is 4.72 Å². The van der Waals surface area contributed by atoms with E-state index in [4.69, 9.17) is 16.7 Å². The average molecular weight is 306 g/mol. The summed E-state index contributed by atoms with van der Waals surface area (Å²) in [5.74, 6) is -1.49. The molecule has 1 aromatic rings. The lowest BCUT2D eigenvalue weighted by Gasteiger charge is -2.20. The van der Waals surface area contributed by atoms with Crippen LogP contribution in [0.1, 0.15) is 20.3 Å². The van der Waals surface area contributed by atoms with E-state index in [-0.39, 0.29) is 10.8 Å². The van der Waals surface area contributed by atoms with Gasteiger partial charge in [-0.25, -0.2) is 8.42 Å². The van der Waals surface area contributed by atoms with Gasteiger partial charge in [0.1, 0.15) is 6.04 Å². The minimum Gasteiger partial charge on any atom is -0.480 e. The predicted octanol–water partition coefficient (Wildman–Crippen LogP) is 2.12. The number of carbonyl (C=O) groups is 1. The van der Waals surface area contributed by atoms with Crippen molar-refractivity contribution in [2.24, 2.45) is 5.92 Å². The molecule has 0 unspecified atom stereocenters. The highest BCUT2D eigenvalue weighted by Gasteiger charge is 2.29. The molecule has 0 saturated carbocycles. The van der Waals surface area contributed by atoms with Crippen LogP contribution in [0.15, 0.2) is 29.2 Å². The second-order valence-corrected chi connectivity index (χ2v) is 6.43. The first-order valence-corrected chi connectivity index (χ1v) is 7.64.